The van der Waals surface area contributed by atoms with Crippen molar-refractivity contribution in [1.29, 1.82) is 0 Å². The molecule has 0 aliphatic rings. The molecule has 0 fully saturated rings. The topological polar surface area (TPSA) is 59.4 Å². The molecule has 0 unspecified atom stereocenters. The highest BCUT2D eigenvalue weighted by Crippen LogP contribution is 2.12. The summed E-state index contributed by atoms with van der Waals surface area (Å²) >= 11 is 0. The zero-order valence-corrected chi connectivity index (χ0v) is 11.3. The number of aliphatic hydroxyl groups is 1. The van der Waals surface area contributed by atoms with Crippen LogP contribution in [0, 0.1) is 0 Å². The lowest BCUT2D eigenvalue weighted by Crippen LogP contribution is -2.24. The number of aliphatic hydroxyl groups excluding tert-OH is 1. The molecule has 1 aromatic heterocycles. The summed E-state index contributed by atoms with van der Waals surface area (Å²) in [4.78, 5) is 16.0. The monoisotopic (exact) mass is 251 g/mol. The zero-order chi connectivity index (χ0) is 13.6. The molecule has 1 aromatic rings. The molecule has 0 bridgehead atoms. The molecule has 1 heterocycles. The molecule has 0 amide bonds. The van der Waals surface area contributed by atoms with Gasteiger partial charge in [0, 0.05) is 18.5 Å². The SMILES string of the molecule is CC(C)(C)OC(=O)c1ccc(CCCCO)nc1. The summed E-state index contributed by atoms with van der Waals surface area (Å²) in [5.41, 5.74) is 0.906. The van der Waals surface area contributed by atoms with E-state index in [1.807, 2.05) is 26.8 Å². The molecular formula is C14H21NO3. The van der Waals surface area contributed by atoms with Crippen LogP contribution in [-0.2, 0) is 11.2 Å². The second-order valence-corrected chi connectivity index (χ2v) is 5.22. The van der Waals surface area contributed by atoms with Gasteiger partial charge in [-0.3, -0.25) is 4.98 Å². The Morgan fingerprint density at radius 3 is 2.56 bits per heavy atom. The highest BCUT2D eigenvalue weighted by atomic mass is 16.6. The molecule has 0 aromatic carbocycles. The van der Waals surface area contributed by atoms with Crippen LogP contribution in [0.2, 0.25) is 0 Å². The Kier molecular flexibility index (Phi) is 5.28. The maximum absolute atomic E-state index is 11.7. The van der Waals surface area contributed by atoms with Crippen LogP contribution in [-0.4, -0.2) is 28.3 Å². The lowest BCUT2D eigenvalue weighted by molar-refractivity contribution is 0.00691. The van der Waals surface area contributed by atoms with Crippen molar-refractivity contribution in [3.63, 3.8) is 0 Å². The van der Waals surface area contributed by atoms with Gasteiger partial charge >= 0.3 is 5.97 Å². The largest absolute Gasteiger partial charge is 0.456 e. The lowest BCUT2D eigenvalue weighted by Gasteiger charge is -2.19. The number of aryl methyl sites for hydroxylation is 1. The molecule has 4 nitrogen and oxygen atoms in total. The summed E-state index contributed by atoms with van der Waals surface area (Å²) in [6, 6.07) is 3.56. The average Bonchev–Trinajstić information content (AvgIpc) is 2.28. The van der Waals surface area contributed by atoms with Gasteiger partial charge in [0.15, 0.2) is 0 Å². The minimum Gasteiger partial charge on any atom is -0.456 e. The van der Waals surface area contributed by atoms with E-state index in [1.165, 1.54) is 0 Å². The van der Waals surface area contributed by atoms with Crippen LogP contribution in [0.3, 0.4) is 0 Å². The first kappa shape index (κ1) is 14.6. The number of pyridine rings is 1. The van der Waals surface area contributed by atoms with Crippen molar-refractivity contribution in [3.05, 3.63) is 29.6 Å². The van der Waals surface area contributed by atoms with Crippen LogP contribution in [0.15, 0.2) is 18.3 Å². The summed E-state index contributed by atoms with van der Waals surface area (Å²) < 4.78 is 5.25. The first-order chi connectivity index (χ1) is 8.42. The van der Waals surface area contributed by atoms with Gasteiger partial charge in [-0.05, 0) is 52.2 Å². The number of carbonyl (C=O) groups excluding carboxylic acids is 1. The van der Waals surface area contributed by atoms with E-state index in [2.05, 4.69) is 4.98 Å². The Bertz CT molecular complexity index is 379. The van der Waals surface area contributed by atoms with Gasteiger partial charge in [0.1, 0.15) is 5.60 Å². The Morgan fingerprint density at radius 2 is 2.06 bits per heavy atom. The fourth-order valence-electron chi connectivity index (χ4n) is 1.45. The second kappa shape index (κ2) is 6.50. The number of hydrogen-bond donors (Lipinski definition) is 1. The number of ether oxygens (including phenoxy) is 1. The van der Waals surface area contributed by atoms with E-state index < -0.39 is 5.60 Å². The maximum atomic E-state index is 11.7. The van der Waals surface area contributed by atoms with Crippen molar-refractivity contribution >= 4 is 5.97 Å². The molecule has 18 heavy (non-hydrogen) atoms. The van der Waals surface area contributed by atoms with E-state index in [9.17, 15) is 4.79 Å². The van der Waals surface area contributed by atoms with E-state index in [-0.39, 0.29) is 12.6 Å². The molecule has 0 radical (unpaired) electrons. The highest BCUT2D eigenvalue weighted by Gasteiger charge is 2.17. The van der Waals surface area contributed by atoms with E-state index >= 15 is 0 Å². The predicted octanol–water partition coefficient (Wildman–Crippen LogP) is 2.35. The molecule has 0 aliphatic carbocycles. The van der Waals surface area contributed by atoms with E-state index in [0.29, 0.717) is 5.56 Å². The predicted molar refractivity (Wildman–Crippen MR) is 69.4 cm³/mol. The van der Waals surface area contributed by atoms with Crippen LogP contribution in [0.1, 0.15) is 49.7 Å². The number of rotatable bonds is 5. The average molecular weight is 251 g/mol. The third-order valence-corrected chi connectivity index (χ3v) is 2.30. The smallest absolute Gasteiger partial charge is 0.340 e. The van der Waals surface area contributed by atoms with Gasteiger partial charge in [-0.1, -0.05) is 0 Å². The summed E-state index contributed by atoms with van der Waals surface area (Å²) in [6.07, 6.45) is 4.03. The van der Waals surface area contributed by atoms with Gasteiger partial charge < -0.3 is 9.84 Å². The van der Waals surface area contributed by atoms with Gasteiger partial charge in [-0.2, -0.15) is 0 Å². The first-order valence-corrected chi connectivity index (χ1v) is 6.21. The number of aromatic nitrogens is 1. The lowest BCUT2D eigenvalue weighted by atomic mass is 10.1. The third-order valence-electron chi connectivity index (χ3n) is 2.30. The molecule has 0 spiro atoms. The summed E-state index contributed by atoms with van der Waals surface area (Å²) in [7, 11) is 0. The van der Waals surface area contributed by atoms with Gasteiger partial charge in [-0.25, -0.2) is 4.79 Å². The minimum absolute atomic E-state index is 0.204. The summed E-state index contributed by atoms with van der Waals surface area (Å²) in [6.45, 7) is 5.71. The number of nitrogens with zero attached hydrogens (tertiary/aromatic N) is 1. The third kappa shape index (κ3) is 5.27. The number of esters is 1. The fraction of sp³-hybridized carbons (Fsp3) is 0.571. The van der Waals surface area contributed by atoms with Crippen molar-refractivity contribution in [2.45, 2.75) is 45.6 Å². The normalized spacial score (nSPS) is 11.3. The number of hydrogen-bond acceptors (Lipinski definition) is 4. The van der Waals surface area contributed by atoms with E-state index in [0.717, 1.165) is 25.0 Å². The van der Waals surface area contributed by atoms with E-state index in [1.54, 1.807) is 12.3 Å². The number of carbonyl (C=O) groups is 1. The molecule has 100 valence electrons. The maximum Gasteiger partial charge on any atom is 0.340 e. The Morgan fingerprint density at radius 1 is 1.33 bits per heavy atom. The van der Waals surface area contributed by atoms with Crippen LogP contribution in [0.4, 0.5) is 0 Å². The quantitative estimate of drug-likeness (QED) is 0.644. The van der Waals surface area contributed by atoms with Crippen molar-refractivity contribution in [2.24, 2.45) is 0 Å². The molecule has 4 heteroatoms. The highest BCUT2D eigenvalue weighted by molar-refractivity contribution is 5.89. The standard InChI is InChI=1S/C14H21NO3/c1-14(2,3)18-13(17)11-7-8-12(15-10-11)6-4-5-9-16/h7-8,10,16H,4-6,9H2,1-3H3. The minimum atomic E-state index is -0.489. The van der Waals surface area contributed by atoms with Crippen LogP contribution in [0.5, 0.6) is 0 Å². The first-order valence-electron chi connectivity index (χ1n) is 6.21. The van der Waals surface area contributed by atoms with Crippen LogP contribution >= 0.6 is 0 Å². The molecule has 1 rings (SSSR count). The summed E-state index contributed by atoms with van der Waals surface area (Å²) in [5.74, 6) is -0.350. The van der Waals surface area contributed by atoms with Crippen molar-refractivity contribution in [1.82, 2.24) is 4.98 Å². The van der Waals surface area contributed by atoms with Gasteiger partial charge in [0.25, 0.3) is 0 Å². The molecule has 0 saturated heterocycles. The molecule has 1 N–H and O–H groups in total. The second-order valence-electron chi connectivity index (χ2n) is 5.22. The molecule has 0 aliphatic heterocycles. The van der Waals surface area contributed by atoms with Crippen molar-refractivity contribution in [3.8, 4) is 0 Å². The molecular weight excluding hydrogens is 230 g/mol. The van der Waals surface area contributed by atoms with Gasteiger partial charge in [0.05, 0.1) is 5.56 Å². The molecule has 0 saturated carbocycles. The fourth-order valence-corrected chi connectivity index (χ4v) is 1.45. The van der Waals surface area contributed by atoms with Crippen molar-refractivity contribution < 1.29 is 14.6 Å². The number of unbranched alkanes of at least 4 members (excludes halogenated alkanes) is 1. The van der Waals surface area contributed by atoms with Gasteiger partial charge in [-0.15, -0.1) is 0 Å². The zero-order valence-electron chi connectivity index (χ0n) is 11.3. The van der Waals surface area contributed by atoms with Gasteiger partial charge in [0.2, 0.25) is 0 Å². The van der Waals surface area contributed by atoms with Crippen LogP contribution < -0.4 is 0 Å². The Hall–Kier alpha value is -1.42. The molecule has 0 atom stereocenters. The van der Waals surface area contributed by atoms with E-state index in [4.69, 9.17) is 9.84 Å². The Labute approximate surface area is 108 Å². The Balaban J connectivity index is 2.57. The summed E-state index contributed by atoms with van der Waals surface area (Å²) in [5, 5.41) is 8.69. The van der Waals surface area contributed by atoms with Crippen molar-refractivity contribution in [2.75, 3.05) is 6.61 Å². The van der Waals surface area contributed by atoms with Crippen LogP contribution in [0.25, 0.3) is 0 Å².